The number of aryl methyl sites for hydroxylation is 1. The Morgan fingerprint density at radius 2 is 1.88 bits per heavy atom. The molecular formula is C24H24N7P. The molecule has 2 aromatic heterocycles. The molecule has 0 aliphatic carbocycles. The van der Waals surface area contributed by atoms with Crippen LogP contribution in [0.3, 0.4) is 0 Å². The molecule has 0 aliphatic rings. The smallest absolute Gasteiger partial charge is 0.191 e. The molecule has 1 atom stereocenters. The quantitative estimate of drug-likeness (QED) is 0.293. The minimum atomic E-state index is 0.381. The van der Waals surface area contributed by atoms with Crippen molar-refractivity contribution in [3.05, 3.63) is 72.4 Å². The summed E-state index contributed by atoms with van der Waals surface area (Å²) in [6.45, 7) is 6.99. The van der Waals surface area contributed by atoms with Gasteiger partial charge in [0.05, 0.1) is 17.8 Å². The highest BCUT2D eigenvalue weighted by Gasteiger charge is 2.20. The second kappa shape index (κ2) is 9.27. The lowest BCUT2D eigenvalue weighted by atomic mass is 10.1. The van der Waals surface area contributed by atoms with Gasteiger partial charge in [0.1, 0.15) is 23.0 Å². The summed E-state index contributed by atoms with van der Waals surface area (Å²) in [5, 5.41) is 27.7. The maximum atomic E-state index is 9.82. The van der Waals surface area contributed by atoms with Gasteiger partial charge in [0.15, 0.2) is 5.82 Å². The third-order valence-electron chi connectivity index (χ3n) is 5.28. The van der Waals surface area contributed by atoms with E-state index in [2.05, 4.69) is 65.2 Å². The lowest BCUT2D eigenvalue weighted by Crippen LogP contribution is -2.11. The van der Waals surface area contributed by atoms with Crippen molar-refractivity contribution in [1.29, 1.82) is 5.26 Å². The molecule has 7 nitrogen and oxygen atoms in total. The van der Waals surface area contributed by atoms with Gasteiger partial charge in [-0.2, -0.15) is 10.4 Å². The first kappa shape index (κ1) is 21.6. The molecule has 0 bridgehead atoms. The van der Waals surface area contributed by atoms with Gasteiger partial charge in [-0.05, 0) is 18.6 Å². The van der Waals surface area contributed by atoms with Crippen LogP contribution in [0.15, 0.2) is 71.4 Å². The summed E-state index contributed by atoms with van der Waals surface area (Å²) >= 11 is 0. The third-order valence-corrected chi connectivity index (χ3v) is 5.57. The molecule has 1 N–H and O–H groups in total. The van der Waals surface area contributed by atoms with E-state index in [4.69, 9.17) is 0 Å². The zero-order chi connectivity index (χ0) is 22.7. The number of benzene rings is 2. The van der Waals surface area contributed by atoms with Crippen LogP contribution in [0.1, 0.15) is 18.2 Å². The van der Waals surface area contributed by atoms with Gasteiger partial charge >= 0.3 is 0 Å². The van der Waals surface area contributed by atoms with Gasteiger partial charge in [-0.3, -0.25) is 5.09 Å². The highest BCUT2D eigenvalue weighted by atomic mass is 31.0. The Morgan fingerprint density at radius 3 is 2.56 bits per heavy atom. The average Bonchev–Trinajstić information content (AvgIpc) is 3.31. The summed E-state index contributed by atoms with van der Waals surface area (Å²) in [5.41, 5.74) is 5.47. The minimum absolute atomic E-state index is 0.381. The van der Waals surface area contributed by atoms with E-state index in [-0.39, 0.29) is 0 Å². The van der Waals surface area contributed by atoms with Crippen molar-refractivity contribution in [3.63, 3.8) is 0 Å². The summed E-state index contributed by atoms with van der Waals surface area (Å²) in [6, 6.07) is 20.5. The van der Waals surface area contributed by atoms with Gasteiger partial charge < -0.3 is 4.57 Å². The number of azo groups is 1. The fraction of sp³-hybridized carbons (Fsp3) is 0.167. The molecule has 0 radical (unpaired) electrons. The van der Waals surface area contributed by atoms with Crippen molar-refractivity contribution in [1.82, 2.24) is 19.4 Å². The largest absolute Gasteiger partial charge is 0.342 e. The predicted molar refractivity (Wildman–Crippen MR) is 132 cm³/mol. The number of nitriles is 1. The summed E-state index contributed by atoms with van der Waals surface area (Å²) in [6.07, 6.45) is 0. The van der Waals surface area contributed by atoms with E-state index >= 15 is 0 Å². The molecule has 8 heteroatoms. The number of para-hydroxylation sites is 1. The number of hydrogen-bond acceptors (Lipinski definition) is 5. The standard InChI is InChI=1S/C24H24N7P/c1-16(2)21-19(15-25)24(31(29-21)14-13-26-32)28-27-22-18-11-7-8-12-20(18)30(3)23(22)17-9-5-4-6-10-17/h4-12,26H,1,13-14,32H2,2-3H3/b28-27+. The lowest BCUT2D eigenvalue weighted by Gasteiger charge is -2.06. The van der Waals surface area contributed by atoms with E-state index in [1.54, 1.807) is 4.68 Å². The van der Waals surface area contributed by atoms with Crippen molar-refractivity contribution >= 4 is 37.4 Å². The number of rotatable bonds is 7. The molecule has 2 aromatic carbocycles. The molecule has 160 valence electrons. The van der Waals surface area contributed by atoms with E-state index in [9.17, 15) is 5.26 Å². The van der Waals surface area contributed by atoms with E-state index in [0.717, 1.165) is 27.8 Å². The van der Waals surface area contributed by atoms with Crippen molar-refractivity contribution < 1.29 is 0 Å². The molecule has 1 unspecified atom stereocenters. The lowest BCUT2D eigenvalue weighted by molar-refractivity contribution is 0.611. The summed E-state index contributed by atoms with van der Waals surface area (Å²) in [4.78, 5) is 0. The average molecular weight is 441 g/mol. The molecule has 4 aromatic rings. The zero-order valence-corrected chi connectivity index (χ0v) is 19.2. The second-order valence-corrected chi connectivity index (χ2v) is 7.86. The normalized spacial score (nSPS) is 11.3. The minimum Gasteiger partial charge on any atom is -0.342 e. The van der Waals surface area contributed by atoms with Gasteiger partial charge in [0.2, 0.25) is 0 Å². The van der Waals surface area contributed by atoms with Gasteiger partial charge in [0, 0.05) is 24.5 Å². The van der Waals surface area contributed by atoms with Gasteiger partial charge in [-0.25, -0.2) is 4.68 Å². The van der Waals surface area contributed by atoms with Crippen LogP contribution in [-0.4, -0.2) is 20.9 Å². The van der Waals surface area contributed by atoms with Crippen molar-refractivity contribution in [2.24, 2.45) is 17.3 Å². The van der Waals surface area contributed by atoms with Crippen LogP contribution in [0.5, 0.6) is 0 Å². The number of hydrogen-bond donors (Lipinski definition) is 1. The first-order valence-corrected chi connectivity index (χ1v) is 10.8. The first-order valence-electron chi connectivity index (χ1n) is 10.2. The van der Waals surface area contributed by atoms with Crippen LogP contribution in [0, 0.1) is 11.3 Å². The number of fused-ring (bicyclic) bond motifs is 1. The molecule has 32 heavy (non-hydrogen) atoms. The van der Waals surface area contributed by atoms with Gasteiger partial charge in [0.25, 0.3) is 0 Å². The third kappa shape index (κ3) is 3.87. The van der Waals surface area contributed by atoms with Crippen LogP contribution in [0.25, 0.3) is 27.7 Å². The highest BCUT2D eigenvalue weighted by molar-refractivity contribution is 7.13. The zero-order valence-electron chi connectivity index (χ0n) is 18.1. The maximum Gasteiger partial charge on any atom is 0.191 e. The summed E-state index contributed by atoms with van der Waals surface area (Å²) in [5.74, 6) is 0.428. The van der Waals surface area contributed by atoms with E-state index in [0.29, 0.717) is 35.7 Å². The van der Waals surface area contributed by atoms with Crippen LogP contribution < -0.4 is 5.09 Å². The number of nitrogens with one attached hydrogen (secondary N) is 1. The fourth-order valence-corrected chi connectivity index (χ4v) is 3.91. The van der Waals surface area contributed by atoms with Gasteiger partial charge in [-0.15, -0.1) is 10.2 Å². The summed E-state index contributed by atoms with van der Waals surface area (Å²) < 4.78 is 3.83. The topological polar surface area (TPSA) is 83.3 Å². The number of allylic oxidation sites excluding steroid dienone is 1. The Bertz CT molecular complexity index is 1360. The van der Waals surface area contributed by atoms with Crippen molar-refractivity contribution in [2.75, 3.05) is 6.54 Å². The molecule has 0 saturated heterocycles. The molecule has 0 amide bonds. The van der Waals surface area contributed by atoms with Crippen molar-refractivity contribution in [3.8, 4) is 17.3 Å². The Kier molecular flexibility index (Phi) is 6.27. The van der Waals surface area contributed by atoms with Gasteiger partial charge in [-0.1, -0.05) is 64.5 Å². The molecule has 0 fully saturated rings. The Balaban J connectivity index is 1.92. The van der Waals surface area contributed by atoms with E-state index in [1.807, 2.05) is 50.4 Å². The monoisotopic (exact) mass is 441 g/mol. The summed E-state index contributed by atoms with van der Waals surface area (Å²) in [7, 11) is 4.49. The van der Waals surface area contributed by atoms with E-state index in [1.165, 1.54) is 0 Å². The Labute approximate surface area is 189 Å². The second-order valence-electron chi connectivity index (χ2n) is 7.46. The van der Waals surface area contributed by atoms with E-state index < -0.39 is 0 Å². The Morgan fingerprint density at radius 1 is 1.16 bits per heavy atom. The molecule has 0 spiro atoms. The highest BCUT2D eigenvalue weighted by Crippen LogP contribution is 2.40. The number of aromatic nitrogens is 3. The predicted octanol–water partition coefficient (Wildman–Crippen LogP) is 5.74. The molecule has 0 aliphatic heterocycles. The molecular weight excluding hydrogens is 417 g/mol. The molecule has 4 rings (SSSR count). The van der Waals surface area contributed by atoms with Crippen LogP contribution in [0.4, 0.5) is 11.5 Å². The first-order chi connectivity index (χ1) is 15.6. The van der Waals surface area contributed by atoms with Crippen LogP contribution >= 0.6 is 9.39 Å². The SMILES string of the molecule is C=C(C)c1nn(CCNP)c(/N=N/c2c(-c3ccccc3)n(C)c3ccccc23)c1C#N. The fourth-order valence-electron chi connectivity index (χ4n) is 3.78. The Hall–Kier alpha value is -3.59. The van der Waals surface area contributed by atoms with Crippen molar-refractivity contribution in [2.45, 2.75) is 13.5 Å². The van der Waals surface area contributed by atoms with Crippen LogP contribution in [-0.2, 0) is 13.6 Å². The molecule has 0 saturated carbocycles. The van der Waals surface area contributed by atoms with Crippen LogP contribution in [0.2, 0.25) is 0 Å². The molecule has 2 heterocycles. The number of nitrogens with zero attached hydrogens (tertiary/aromatic N) is 6. The maximum absolute atomic E-state index is 9.82.